The first kappa shape index (κ1) is 17.6. The van der Waals surface area contributed by atoms with Crippen LogP contribution in [-0.4, -0.2) is 21.7 Å². The predicted octanol–water partition coefficient (Wildman–Crippen LogP) is 1.19. The van der Waals surface area contributed by atoms with Crippen molar-refractivity contribution in [1.82, 2.24) is 9.78 Å². The molecule has 0 aliphatic rings. The third-order valence-corrected chi connectivity index (χ3v) is 3.79. The van der Waals surface area contributed by atoms with Crippen molar-refractivity contribution in [3.8, 4) is 0 Å². The molecule has 1 heterocycles. The van der Waals surface area contributed by atoms with Gasteiger partial charge >= 0.3 is 0 Å². The van der Waals surface area contributed by atoms with E-state index in [2.05, 4.69) is 10.4 Å². The number of amides is 1. The van der Waals surface area contributed by atoms with E-state index in [9.17, 15) is 23.9 Å². The first-order valence-electron chi connectivity index (χ1n) is 7.33. The molecule has 0 spiro atoms. The largest absolute Gasteiger partial charge is 0.543 e. The highest BCUT2D eigenvalue weighted by Gasteiger charge is 2.14. The van der Waals surface area contributed by atoms with Crippen LogP contribution in [0, 0.1) is 5.82 Å². The number of anilines is 1. The van der Waals surface area contributed by atoms with Crippen LogP contribution in [0.3, 0.4) is 0 Å². The molecule has 7 nitrogen and oxygen atoms in total. The number of aromatic nitrogens is 2. The molecule has 0 unspecified atom stereocenters. The van der Waals surface area contributed by atoms with Gasteiger partial charge in [0.1, 0.15) is 18.1 Å². The average Bonchev–Trinajstić information content (AvgIpc) is 2.59. The van der Waals surface area contributed by atoms with Crippen molar-refractivity contribution in [2.75, 3.05) is 5.32 Å². The molecule has 0 bridgehead atoms. The summed E-state index contributed by atoms with van der Waals surface area (Å²) in [5.41, 5.74) is -1.25. The number of aromatic carboxylic acids is 1. The Morgan fingerprint density at radius 3 is 2.54 bits per heavy atom. The van der Waals surface area contributed by atoms with Gasteiger partial charge in [-0.15, -0.1) is 0 Å². The molecule has 1 aromatic heterocycles. The number of rotatable bonds is 4. The van der Waals surface area contributed by atoms with E-state index in [0.717, 1.165) is 6.07 Å². The average molecular weight is 375 g/mol. The van der Waals surface area contributed by atoms with Crippen LogP contribution in [0.1, 0.15) is 10.5 Å². The van der Waals surface area contributed by atoms with Crippen LogP contribution in [-0.2, 0) is 11.3 Å². The molecule has 0 aliphatic heterocycles. The number of carboxylic acids is 1. The highest BCUT2D eigenvalue weighted by molar-refractivity contribution is 6.30. The second-order valence-electron chi connectivity index (χ2n) is 5.32. The fourth-order valence-corrected chi connectivity index (χ4v) is 2.57. The van der Waals surface area contributed by atoms with Gasteiger partial charge < -0.3 is 15.2 Å². The molecule has 3 rings (SSSR count). The SMILES string of the molecule is O=C(Cn1nc(C(=O)[O-])c2ccccc2c1=O)Nc1ccc(Cl)cc1F. The molecule has 1 amide bonds. The fraction of sp³-hybridized carbons (Fsp3) is 0.0588. The Kier molecular flexibility index (Phi) is 4.68. The molecule has 0 radical (unpaired) electrons. The van der Waals surface area contributed by atoms with Crippen LogP contribution >= 0.6 is 11.6 Å². The molecule has 9 heteroatoms. The summed E-state index contributed by atoms with van der Waals surface area (Å²) in [6, 6.07) is 9.60. The van der Waals surface area contributed by atoms with Gasteiger partial charge in [-0.05, 0) is 24.3 Å². The first-order valence-corrected chi connectivity index (χ1v) is 7.70. The monoisotopic (exact) mass is 374 g/mol. The Labute approximate surface area is 150 Å². The minimum Gasteiger partial charge on any atom is -0.543 e. The quantitative estimate of drug-likeness (QED) is 0.738. The van der Waals surface area contributed by atoms with E-state index >= 15 is 0 Å². The van der Waals surface area contributed by atoms with Gasteiger partial charge in [0.15, 0.2) is 0 Å². The molecule has 26 heavy (non-hydrogen) atoms. The molecule has 132 valence electrons. The fourth-order valence-electron chi connectivity index (χ4n) is 2.41. The summed E-state index contributed by atoms with van der Waals surface area (Å²) in [5.74, 6) is -3.10. The molecular weight excluding hydrogens is 365 g/mol. The molecular formula is C17H10ClFN3O4-. The van der Waals surface area contributed by atoms with Crippen molar-refractivity contribution >= 4 is 39.9 Å². The minimum absolute atomic E-state index is 0.0761. The van der Waals surface area contributed by atoms with Crippen molar-refractivity contribution in [3.05, 3.63) is 69.4 Å². The predicted molar refractivity (Wildman–Crippen MR) is 90.4 cm³/mol. The number of carboxylic acid groups (broad SMARTS) is 1. The Morgan fingerprint density at radius 2 is 1.88 bits per heavy atom. The third-order valence-electron chi connectivity index (χ3n) is 3.56. The summed E-state index contributed by atoms with van der Waals surface area (Å²) in [7, 11) is 0. The van der Waals surface area contributed by atoms with E-state index < -0.39 is 35.5 Å². The maximum Gasteiger partial charge on any atom is 0.275 e. The van der Waals surface area contributed by atoms with Crippen LogP contribution in [0.25, 0.3) is 10.8 Å². The van der Waals surface area contributed by atoms with Crippen LogP contribution in [0.2, 0.25) is 5.02 Å². The molecule has 1 N–H and O–H groups in total. The van der Waals surface area contributed by atoms with Crippen LogP contribution in [0.5, 0.6) is 0 Å². The van der Waals surface area contributed by atoms with Crippen molar-refractivity contribution in [2.24, 2.45) is 0 Å². The normalized spacial score (nSPS) is 10.7. The summed E-state index contributed by atoms with van der Waals surface area (Å²) < 4.78 is 14.4. The molecule has 0 saturated heterocycles. The Hall–Kier alpha value is -3.26. The van der Waals surface area contributed by atoms with E-state index in [1.165, 1.54) is 24.3 Å². The second-order valence-corrected chi connectivity index (χ2v) is 5.75. The minimum atomic E-state index is -1.58. The van der Waals surface area contributed by atoms with Gasteiger partial charge in [0.05, 0.1) is 17.0 Å². The molecule has 0 saturated carbocycles. The topological polar surface area (TPSA) is 104 Å². The number of nitrogens with one attached hydrogen (secondary N) is 1. The van der Waals surface area contributed by atoms with E-state index in [1.54, 1.807) is 12.1 Å². The second kappa shape index (κ2) is 6.93. The molecule has 0 fully saturated rings. The third kappa shape index (κ3) is 3.40. The molecule has 3 aromatic rings. The summed E-state index contributed by atoms with van der Waals surface area (Å²) >= 11 is 5.64. The number of carbonyl (C=O) groups is 2. The van der Waals surface area contributed by atoms with E-state index in [-0.39, 0.29) is 21.5 Å². The van der Waals surface area contributed by atoms with E-state index in [4.69, 9.17) is 11.6 Å². The lowest BCUT2D eigenvalue weighted by molar-refractivity contribution is -0.255. The van der Waals surface area contributed by atoms with Gasteiger partial charge in [-0.25, -0.2) is 9.07 Å². The number of fused-ring (bicyclic) bond motifs is 1. The highest BCUT2D eigenvalue weighted by Crippen LogP contribution is 2.19. The van der Waals surface area contributed by atoms with Crippen molar-refractivity contribution in [3.63, 3.8) is 0 Å². The molecule has 0 atom stereocenters. The van der Waals surface area contributed by atoms with Gasteiger partial charge in [-0.1, -0.05) is 29.8 Å². The number of nitrogens with zero attached hydrogens (tertiary/aromatic N) is 2. The maximum absolute atomic E-state index is 13.7. The lowest BCUT2D eigenvalue weighted by Crippen LogP contribution is -2.34. The number of halogens is 2. The number of benzene rings is 2. The van der Waals surface area contributed by atoms with Gasteiger partial charge in [-0.2, -0.15) is 5.10 Å². The zero-order valence-electron chi connectivity index (χ0n) is 13.0. The summed E-state index contributed by atoms with van der Waals surface area (Å²) in [6.45, 7) is -0.605. The lowest BCUT2D eigenvalue weighted by Gasteiger charge is -2.12. The van der Waals surface area contributed by atoms with Crippen LogP contribution < -0.4 is 16.0 Å². The van der Waals surface area contributed by atoms with Crippen molar-refractivity contribution < 1.29 is 19.1 Å². The van der Waals surface area contributed by atoms with Crippen molar-refractivity contribution in [1.29, 1.82) is 0 Å². The van der Waals surface area contributed by atoms with E-state index in [1.807, 2.05) is 0 Å². The Bertz CT molecular complexity index is 1100. The Morgan fingerprint density at radius 1 is 1.19 bits per heavy atom. The van der Waals surface area contributed by atoms with E-state index in [0.29, 0.717) is 4.68 Å². The Balaban J connectivity index is 1.95. The summed E-state index contributed by atoms with van der Waals surface area (Å²) in [4.78, 5) is 35.8. The van der Waals surface area contributed by atoms with Gasteiger partial charge in [-0.3, -0.25) is 9.59 Å². The number of carbonyl (C=O) groups excluding carboxylic acids is 2. The number of hydrogen-bond acceptors (Lipinski definition) is 5. The molecule has 2 aromatic carbocycles. The van der Waals surface area contributed by atoms with Crippen LogP contribution in [0.4, 0.5) is 10.1 Å². The smallest absolute Gasteiger partial charge is 0.275 e. The zero-order valence-corrected chi connectivity index (χ0v) is 13.8. The first-order chi connectivity index (χ1) is 12.4. The summed E-state index contributed by atoms with van der Waals surface area (Å²) in [5, 5.41) is 17.6. The zero-order chi connectivity index (χ0) is 18.8. The number of hydrogen-bond donors (Lipinski definition) is 1. The lowest BCUT2D eigenvalue weighted by atomic mass is 10.1. The maximum atomic E-state index is 13.7. The summed E-state index contributed by atoms with van der Waals surface area (Å²) in [6.07, 6.45) is 0. The standard InChI is InChI=1S/C17H11ClFN3O4/c18-9-5-6-13(12(19)7-9)20-14(23)8-22-16(24)11-4-2-1-3-10(11)15(21-22)17(25)26/h1-7H,8H2,(H,20,23)(H,25,26)/p-1. The molecule has 0 aliphatic carbocycles. The van der Waals surface area contributed by atoms with Crippen molar-refractivity contribution in [2.45, 2.75) is 6.54 Å². The highest BCUT2D eigenvalue weighted by atomic mass is 35.5. The van der Waals surface area contributed by atoms with Crippen LogP contribution in [0.15, 0.2) is 47.3 Å². The van der Waals surface area contributed by atoms with Gasteiger partial charge in [0, 0.05) is 10.4 Å². The van der Waals surface area contributed by atoms with Gasteiger partial charge in [0.25, 0.3) is 5.56 Å². The van der Waals surface area contributed by atoms with Gasteiger partial charge in [0.2, 0.25) is 5.91 Å².